The van der Waals surface area contributed by atoms with Crippen molar-refractivity contribution in [3.63, 3.8) is 0 Å². The number of nitrogens with one attached hydrogen (secondary N) is 1. The molecule has 0 saturated carbocycles. The fourth-order valence-corrected chi connectivity index (χ4v) is 5.07. The van der Waals surface area contributed by atoms with Gasteiger partial charge in [-0.05, 0) is 33.3 Å². The van der Waals surface area contributed by atoms with Crippen LogP contribution in [0.3, 0.4) is 0 Å². The Kier molecular flexibility index (Phi) is 7.85. The largest absolute Gasteiger partial charge is 0.427 e. The summed E-state index contributed by atoms with van der Waals surface area (Å²) in [6, 6.07) is -0.978. The van der Waals surface area contributed by atoms with Gasteiger partial charge in [0.15, 0.2) is 10.8 Å². The first-order valence-corrected chi connectivity index (χ1v) is 12.3. The first-order valence-electron chi connectivity index (χ1n) is 10.4. The second-order valence-electron chi connectivity index (χ2n) is 8.49. The number of nitrogens with zero attached hydrogens (tertiary/aromatic N) is 3. The second-order valence-corrected chi connectivity index (χ2v) is 10.5. The Labute approximate surface area is 209 Å². The smallest absolute Gasteiger partial charge is 0.358 e. The van der Waals surface area contributed by atoms with E-state index in [0.717, 1.165) is 11.3 Å². The van der Waals surface area contributed by atoms with Gasteiger partial charge >= 0.3 is 11.9 Å². The minimum Gasteiger partial charge on any atom is -0.427 e. The summed E-state index contributed by atoms with van der Waals surface area (Å²) in [5.41, 5.74) is 5.03. The quantitative estimate of drug-likeness (QED) is 0.118. The molecule has 188 valence electrons. The van der Waals surface area contributed by atoms with Gasteiger partial charge in [-0.25, -0.2) is 9.78 Å². The molecule has 2 aliphatic rings. The number of oxime groups is 1. The predicted molar refractivity (Wildman–Crippen MR) is 128 cm³/mol. The van der Waals surface area contributed by atoms with Crippen LogP contribution >= 0.6 is 23.1 Å². The minimum absolute atomic E-state index is 0.0116. The number of amides is 2. The fourth-order valence-electron chi connectivity index (χ4n) is 3.20. The molecule has 1 aromatic rings. The molecule has 2 aliphatic heterocycles. The van der Waals surface area contributed by atoms with E-state index in [9.17, 15) is 24.4 Å². The molecule has 0 aliphatic carbocycles. The van der Waals surface area contributed by atoms with E-state index in [2.05, 4.69) is 15.5 Å². The average Bonchev–Trinajstić information content (AvgIpc) is 3.22. The molecule has 1 saturated heterocycles. The zero-order chi connectivity index (χ0) is 25.9. The number of allylic oxidation sites excluding steroid dienone is 2. The van der Waals surface area contributed by atoms with Crippen LogP contribution in [0.2, 0.25) is 0 Å². The van der Waals surface area contributed by atoms with Crippen LogP contribution in [0.1, 0.15) is 33.4 Å². The molecule has 35 heavy (non-hydrogen) atoms. The summed E-state index contributed by atoms with van der Waals surface area (Å²) in [4.78, 5) is 55.5. The van der Waals surface area contributed by atoms with Crippen LogP contribution in [0.5, 0.6) is 0 Å². The van der Waals surface area contributed by atoms with E-state index in [1.807, 2.05) is 0 Å². The second kappa shape index (κ2) is 10.5. The molecule has 2 atom stereocenters. The van der Waals surface area contributed by atoms with Crippen LogP contribution < -0.4 is 11.1 Å². The summed E-state index contributed by atoms with van der Waals surface area (Å²) < 4.78 is 10.1. The van der Waals surface area contributed by atoms with Gasteiger partial charge in [-0.3, -0.25) is 19.3 Å². The van der Waals surface area contributed by atoms with Gasteiger partial charge in [0.05, 0.1) is 5.41 Å². The van der Waals surface area contributed by atoms with Gasteiger partial charge in [-0.2, -0.15) is 0 Å². The van der Waals surface area contributed by atoms with Crippen molar-refractivity contribution in [3.8, 4) is 0 Å². The first kappa shape index (κ1) is 26.2. The van der Waals surface area contributed by atoms with Gasteiger partial charge in [0, 0.05) is 11.1 Å². The number of rotatable bonds is 7. The number of carbonyl (C=O) groups is 4. The Morgan fingerprint density at radius 3 is 2.66 bits per heavy atom. The van der Waals surface area contributed by atoms with E-state index >= 15 is 0 Å². The molecule has 0 unspecified atom stereocenters. The maximum absolute atomic E-state index is 13.0. The Balaban J connectivity index is 1.72. The molecule has 1 fully saturated rings. The van der Waals surface area contributed by atoms with Crippen LogP contribution in [0.4, 0.5) is 5.13 Å². The van der Waals surface area contributed by atoms with Crippen molar-refractivity contribution in [1.29, 1.82) is 0 Å². The Hall–Kier alpha value is -3.39. The summed E-state index contributed by atoms with van der Waals surface area (Å²) >= 11 is 2.40. The standard InChI is InChI=1S/C21H25N5O7S2/c1-5-6-10-7-34-17-13(24-15(27)12(25-31)11-8-35-20(22)23-11)16(28)26(17)14(10)18(29)32-9-33-19(30)21(2,3)4/h5-6,8,13,17,31H,7,9H2,1-4H3,(H2,22,23)(H,24,27)/b6-5+,25-12-/t13-,17-/m1/s1. The number of carbonyl (C=O) groups excluding carboxylic acids is 4. The topological polar surface area (TPSA) is 174 Å². The lowest BCUT2D eigenvalue weighted by Gasteiger charge is -2.49. The third kappa shape index (κ3) is 5.48. The van der Waals surface area contributed by atoms with Crippen LogP contribution in [-0.4, -0.2) is 68.5 Å². The number of thioether (sulfide) groups is 1. The van der Waals surface area contributed by atoms with Gasteiger partial charge in [0.2, 0.25) is 6.79 Å². The molecule has 1 aromatic heterocycles. The van der Waals surface area contributed by atoms with Crippen LogP contribution in [0, 0.1) is 5.41 Å². The molecule has 3 heterocycles. The number of nitrogens with two attached hydrogens (primary N) is 1. The minimum atomic E-state index is -0.978. The third-order valence-electron chi connectivity index (χ3n) is 4.92. The molecule has 3 rings (SSSR count). The lowest BCUT2D eigenvalue weighted by atomic mass is 9.98. The maximum atomic E-state index is 13.0. The molecule has 4 N–H and O–H groups in total. The van der Waals surface area contributed by atoms with Gasteiger partial charge in [-0.15, -0.1) is 23.1 Å². The average molecular weight is 524 g/mol. The number of hydrogen-bond acceptors (Lipinski definition) is 12. The molecular weight excluding hydrogens is 498 g/mol. The van der Waals surface area contributed by atoms with Crippen molar-refractivity contribution in [3.05, 3.63) is 34.5 Å². The number of thiazole rings is 1. The zero-order valence-corrected chi connectivity index (χ0v) is 21.1. The van der Waals surface area contributed by atoms with E-state index in [1.54, 1.807) is 39.8 Å². The van der Waals surface area contributed by atoms with Gasteiger partial charge in [0.25, 0.3) is 11.8 Å². The number of nitrogen functional groups attached to an aromatic ring is 1. The summed E-state index contributed by atoms with van der Waals surface area (Å²) in [7, 11) is 0. The number of fused-ring (bicyclic) bond motifs is 1. The van der Waals surface area contributed by atoms with Crippen molar-refractivity contribution in [2.75, 3.05) is 18.3 Å². The number of hydrogen-bond donors (Lipinski definition) is 3. The number of β-lactam (4-membered cyclic amide) rings is 1. The van der Waals surface area contributed by atoms with E-state index in [4.69, 9.17) is 15.2 Å². The lowest BCUT2D eigenvalue weighted by Crippen LogP contribution is -2.71. The molecule has 2 amide bonds. The SMILES string of the molecule is C/C=C/C1=C(C(=O)OCOC(=O)C(C)(C)C)N2C(=O)[C@@H](NC(=O)/C(=N\O)c3csc(N)n3)[C@H]2SC1. The van der Waals surface area contributed by atoms with Crippen LogP contribution in [-0.2, 0) is 28.7 Å². The molecule has 12 nitrogen and oxygen atoms in total. The van der Waals surface area contributed by atoms with E-state index in [0.29, 0.717) is 11.3 Å². The number of anilines is 1. The summed E-state index contributed by atoms with van der Waals surface area (Å²) in [5, 5.41) is 15.8. The molecule has 0 spiro atoms. The van der Waals surface area contributed by atoms with Crippen molar-refractivity contribution >= 4 is 57.7 Å². The summed E-state index contributed by atoms with van der Waals surface area (Å²) in [6.45, 7) is 6.15. The molecule has 0 aromatic carbocycles. The predicted octanol–water partition coefficient (Wildman–Crippen LogP) is 1.22. The van der Waals surface area contributed by atoms with E-state index in [1.165, 1.54) is 22.0 Å². The zero-order valence-electron chi connectivity index (χ0n) is 19.4. The van der Waals surface area contributed by atoms with Gasteiger partial charge < -0.3 is 25.7 Å². The number of ether oxygens (including phenoxy) is 2. The number of aromatic nitrogens is 1. The molecule has 14 heteroatoms. The third-order valence-corrected chi connectivity index (χ3v) is 6.89. The fraction of sp³-hybridized carbons (Fsp3) is 0.429. The Bertz CT molecular complexity index is 1140. The molecular formula is C21H25N5O7S2. The monoisotopic (exact) mass is 523 g/mol. The van der Waals surface area contributed by atoms with Crippen molar-refractivity contribution in [2.45, 2.75) is 39.1 Å². The Morgan fingerprint density at radius 2 is 2.09 bits per heavy atom. The molecule has 0 radical (unpaired) electrons. The lowest BCUT2D eigenvalue weighted by molar-refractivity contribution is -0.173. The van der Waals surface area contributed by atoms with Gasteiger partial charge in [-0.1, -0.05) is 17.3 Å². The highest BCUT2D eigenvalue weighted by molar-refractivity contribution is 8.00. The van der Waals surface area contributed by atoms with Crippen LogP contribution in [0.15, 0.2) is 34.0 Å². The maximum Gasteiger partial charge on any atom is 0.358 e. The van der Waals surface area contributed by atoms with E-state index in [-0.39, 0.29) is 16.5 Å². The van der Waals surface area contributed by atoms with Crippen molar-refractivity contribution in [1.82, 2.24) is 15.2 Å². The highest BCUT2D eigenvalue weighted by Crippen LogP contribution is 2.41. The first-order chi connectivity index (χ1) is 16.5. The number of esters is 2. The van der Waals surface area contributed by atoms with E-state index < -0.39 is 53.1 Å². The Morgan fingerprint density at radius 1 is 1.37 bits per heavy atom. The van der Waals surface area contributed by atoms with Gasteiger partial charge in [0.1, 0.15) is 22.8 Å². The van der Waals surface area contributed by atoms with Crippen molar-refractivity contribution in [2.24, 2.45) is 10.6 Å². The van der Waals surface area contributed by atoms with Crippen molar-refractivity contribution < 1.29 is 33.9 Å². The summed E-state index contributed by atoms with van der Waals surface area (Å²) in [6.07, 6.45) is 3.40. The summed E-state index contributed by atoms with van der Waals surface area (Å²) in [5.74, 6) is -2.39. The van der Waals surface area contributed by atoms with Crippen LogP contribution in [0.25, 0.3) is 0 Å². The molecule has 0 bridgehead atoms. The normalized spacial score (nSPS) is 20.4. The highest BCUT2D eigenvalue weighted by atomic mass is 32.2. The highest BCUT2D eigenvalue weighted by Gasteiger charge is 2.54.